The van der Waals surface area contributed by atoms with Gasteiger partial charge in [0.15, 0.2) is 6.10 Å². The van der Waals surface area contributed by atoms with E-state index in [1.54, 1.807) is 12.1 Å². The van der Waals surface area contributed by atoms with Crippen molar-refractivity contribution in [3.63, 3.8) is 0 Å². The van der Waals surface area contributed by atoms with Crippen molar-refractivity contribution in [2.45, 2.75) is 32.8 Å². The zero-order valence-electron chi connectivity index (χ0n) is 14.2. The molecule has 0 radical (unpaired) electrons. The zero-order chi connectivity index (χ0) is 18.6. The fraction of sp³-hybridized carbons (Fsp3) is 0.263. The van der Waals surface area contributed by atoms with Gasteiger partial charge in [-0.05, 0) is 42.7 Å². The summed E-state index contributed by atoms with van der Waals surface area (Å²) in [5.41, 5.74) is 1.40. The Bertz CT molecular complexity index is 752. The molecule has 0 unspecified atom stereocenters. The molecule has 2 aromatic carbocycles. The average Bonchev–Trinajstić information content (AvgIpc) is 2.54. The molecule has 1 N–H and O–H groups in total. The number of rotatable bonds is 5. The normalized spacial score (nSPS) is 11.9. The summed E-state index contributed by atoms with van der Waals surface area (Å²) in [6.45, 7) is 5.50. The maximum Gasteiger partial charge on any atom is 0.339 e. The van der Waals surface area contributed by atoms with Crippen LogP contribution >= 0.6 is 0 Å². The van der Waals surface area contributed by atoms with Crippen molar-refractivity contribution >= 4 is 17.6 Å². The molecule has 2 rings (SSSR count). The van der Waals surface area contributed by atoms with Crippen molar-refractivity contribution in [2.75, 3.05) is 5.32 Å². The second-order valence-corrected chi connectivity index (χ2v) is 5.97. The predicted molar refractivity (Wildman–Crippen MR) is 90.4 cm³/mol. The molecule has 0 aliphatic heterocycles. The number of carbonyl (C=O) groups excluding carboxylic acids is 2. The fourth-order valence-electron chi connectivity index (χ4n) is 2.15. The second-order valence-electron chi connectivity index (χ2n) is 5.97. The first-order valence-electron chi connectivity index (χ1n) is 7.84. The van der Waals surface area contributed by atoms with Gasteiger partial charge in [-0.25, -0.2) is 13.6 Å². The lowest BCUT2D eigenvalue weighted by Gasteiger charge is -2.14. The number of ether oxygens (including phenoxy) is 1. The number of nitrogens with one attached hydrogen (secondary N) is 1. The fourth-order valence-corrected chi connectivity index (χ4v) is 2.15. The van der Waals surface area contributed by atoms with Gasteiger partial charge < -0.3 is 10.1 Å². The molecule has 0 aliphatic carbocycles. The third kappa shape index (κ3) is 5.11. The molecule has 25 heavy (non-hydrogen) atoms. The van der Waals surface area contributed by atoms with Crippen LogP contribution in [0, 0.1) is 11.6 Å². The van der Waals surface area contributed by atoms with Crippen LogP contribution in [0.1, 0.15) is 42.6 Å². The minimum atomic E-state index is -1.12. The molecule has 0 spiro atoms. The summed E-state index contributed by atoms with van der Waals surface area (Å²) in [4.78, 5) is 24.0. The topological polar surface area (TPSA) is 55.4 Å². The molecular weight excluding hydrogens is 328 g/mol. The van der Waals surface area contributed by atoms with Crippen molar-refractivity contribution in [2.24, 2.45) is 0 Å². The summed E-state index contributed by atoms with van der Waals surface area (Å²) < 4.78 is 31.2. The molecule has 1 atom stereocenters. The second kappa shape index (κ2) is 7.88. The number of halogens is 2. The van der Waals surface area contributed by atoms with Crippen LogP contribution in [0.25, 0.3) is 0 Å². The van der Waals surface area contributed by atoms with E-state index in [0.717, 1.165) is 17.7 Å². The highest BCUT2D eigenvalue weighted by Gasteiger charge is 2.20. The summed E-state index contributed by atoms with van der Waals surface area (Å²) in [7, 11) is 0. The molecule has 2 aromatic rings. The van der Waals surface area contributed by atoms with Crippen molar-refractivity contribution in [1.82, 2.24) is 0 Å². The number of hydrogen-bond donors (Lipinski definition) is 1. The van der Waals surface area contributed by atoms with Crippen LogP contribution in [0.5, 0.6) is 0 Å². The van der Waals surface area contributed by atoms with E-state index in [1.165, 1.54) is 6.92 Å². The molecule has 4 nitrogen and oxygen atoms in total. The highest BCUT2D eigenvalue weighted by molar-refractivity contribution is 5.97. The smallest absolute Gasteiger partial charge is 0.339 e. The number of carbonyl (C=O) groups is 2. The largest absolute Gasteiger partial charge is 0.449 e. The van der Waals surface area contributed by atoms with E-state index >= 15 is 0 Å². The summed E-state index contributed by atoms with van der Waals surface area (Å²) in [6.07, 6.45) is -1.12. The Morgan fingerprint density at radius 2 is 1.52 bits per heavy atom. The first-order valence-corrected chi connectivity index (χ1v) is 7.84. The first kappa shape index (κ1) is 18.6. The maximum atomic E-state index is 13.1. The van der Waals surface area contributed by atoms with Crippen LogP contribution in [0.2, 0.25) is 0 Å². The Hall–Kier alpha value is -2.76. The van der Waals surface area contributed by atoms with Gasteiger partial charge in [0.2, 0.25) is 0 Å². The molecule has 1 amide bonds. The zero-order valence-corrected chi connectivity index (χ0v) is 14.2. The molecule has 0 aromatic heterocycles. The lowest BCUT2D eigenvalue weighted by molar-refractivity contribution is -0.123. The van der Waals surface area contributed by atoms with Crippen molar-refractivity contribution in [3.8, 4) is 0 Å². The highest BCUT2D eigenvalue weighted by atomic mass is 19.1. The van der Waals surface area contributed by atoms with Gasteiger partial charge >= 0.3 is 5.97 Å². The summed E-state index contributed by atoms with van der Waals surface area (Å²) in [6, 6.07) is 9.64. The minimum absolute atomic E-state index is 0.293. The number of amides is 1. The van der Waals surface area contributed by atoms with Crippen molar-refractivity contribution in [1.29, 1.82) is 0 Å². The number of hydrogen-bond acceptors (Lipinski definition) is 3. The molecule has 132 valence electrons. The predicted octanol–water partition coefficient (Wildman–Crippen LogP) is 4.27. The molecule has 0 bridgehead atoms. The average molecular weight is 347 g/mol. The van der Waals surface area contributed by atoms with E-state index in [4.69, 9.17) is 4.74 Å². The molecule has 6 heteroatoms. The van der Waals surface area contributed by atoms with E-state index < -0.39 is 29.6 Å². The molecule has 0 saturated carbocycles. The van der Waals surface area contributed by atoms with Gasteiger partial charge in [0.1, 0.15) is 11.6 Å². The van der Waals surface area contributed by atoms with Gasteiger partial charge in [0, 0.05) is 11.8 Å². The van der Waals surface area contributed by atoms with Crippen molar-refractivity contribution in [3.05, 3.63) is 65.2 Å². The van der Waals surface area contributed by atoms with Crippen LogP contribution in [0.15, 0.2) is 42.5 Å². The number of anilines is 1. The van der Waals surface area contributed by atoms with Gasteiger partial charge in [-0.15, -0.1) is 0 Å². The van der Waals surface area contributed by atoms with E-state index in [0.29, 0.717) is 17.7 Å². The Balaban J connectivity index is 1.98. The van der Waals surface area contributed by atoms with Gasteiger partial charge in [0.25, 0.3) is 5.91 Å². The van der Waals surface area contributed by atoms with E-state index in [2.05, 4.69) is 19.2 Å². The molecular formula is C19H19F2NO3. The lowest BCUT2D eigenvalue weighted by Crippen LogP contribution is -2.30. The van der Waals surface area contributed by atoms with Gasteiger partial charge in [0.05, 0.1) is 5.56 Å². The Labute approximate surface area is 144 Å². The van der Waals surface area contributed by atoms with E-state index in [-0.39, 0.29) is 5.56 Å². The first-order chi connectivity index (χ1) is 11.8. The summed E-state index contributed by atoms with van der Waals surface area (Å²) in [5.74, 6) is -2.93. The molecule has 0 heterocycles. The molecule has 0 saturated heterocycles. The van der Waals surface area contributed by atoms with Gasteiger partial charge in [-0.1, -0.05) is 26.0 Å². The number of benzene rings is 2. The monoisotopic (exact) mass is 347 g/mol. The van der Waals surface area contributed by atoms with Gasteiger partial charge in [-0.3, -0.25) is 4.79 Å². The van der Waals surface area contributed by atoms with Gasteiger partial charge in [-0.2, -0.15) is 0 Å². The van der Waals surface area contributed by atoms with Crippen LogP contribution in [0.3, 0.4) is 0 Å². The standard InChI is InChI=1S/C19H19F2NO3/c1-11(2)13-4-6-17(7-5-13)22-18(23)12(3)25-19(24)14-8-15(20)10-16(21)9-14/h4-12H,1-3H3,(H,22,23)/t12-/m0/s1. The third-order valence-corrected chi connectivity index (χ3v) is 3.60. The molecule has 0 aliphatic rings. The Kier molecular flexibility index (Phi) is 5.85. The minimum Gasteiger partial charge on any atom is -0.449 e. The van der Waals surface area contributed by atoms with Crippen LogP contribution < -0.4 is 5.32 Å². The van der Waals surface area contributed by atoms with Crippen molar-refractivity contribution < 1.29 is 23.1 Å². The third-order valence-electron chi connectivity index (χ3n) is 3.60. The quantitative estimate of drug-likeness (QED) is 0.822. The van der Waals surface area contributed by atoms with Crippen LogP contribution in [-0.2, 0) is 9.53 Å². The van der Waals surface area contributed by atoms with E-state index in [1.807, 2.05) is 12.1 Å². The summed E-state index contributed by atoms with van der Waals surface area (Å²) in [5, 5.41) is 2.62. The Morgan fingerprint density at radius 3 is 2.04 bits per heavy atom. The summed E-state index contributed by atoms with van der Waals surface area (Å²) >= 11 is 0. The van der Waals surface area contributed by atoms with Crippen LogP contribution in [0.4, 0.5) is 14.5 Å². The SMILES string of the molecule is CC(C)c1ccc(NC(=O)[C@H](C)OC(=O)c2cc(F)cc(F)c2)cc1. The number of esters is 1. The molecule has 0 fully saturated rings. The van der Waals surface area contributed by atoms with Crippen LogP contribution in [-0.4, -0.2) is 18.0 Å². The lowest BCUT2D eigenvalue weighted by atomic mass is 10.0. The Morgan fingerprint density at radius 1 is 0.960 bits per heavy atom. The van der Waals surface area contributed by atoms with E-state index in [9.17, 15) is 18.4 Å². The maximum absolute atomic E-state index is 13.1. The highest BCUT2D eigenvalue weighted by Crippen LogP contribution is 2.17.